The molecule has 0 unspecified atom stereocenters. The number of hydrogen-bond acceptors (Lipinski definition) is 4. The van der Waals surface area contributed by atoms with Crippen molar-refractivity contribution in [2.75, 3.05) is 4.72 Å². The molecule has 0 amide bonds. The van der Waals surface area contributed by atoms with Gasteiger partial charge in [0.15, 0.2) is 0 Å². The van der Waals surface area contributed by atoms with E-state index >= 15 is 0 Å². The minimum Gasteiger partial charge on any atom is -0.326 e. The number of anilines is 1. The van der Waals surface area contributed by atoms with Gasteiger partial charge in [-0.3, -0.25) is 9.40 Å². The van der Waals surface area contributed by atoms with Gasteiger partial charge >= 0.3 is 0 Å². The standard InChI is InChI=1S/C13H18N4O2S/c1-9-4-5-12(10(2)6-9)20(18,19)16-13-11(7-14)8-15-17(13)3/h4-6,8,16H,7,14H2,1-3H3. The molecule has 108 valence electrons. The Morgan fingerprint density at radius 2 is 2.05 bits per heavy atom. The minimum atomic E-state index is -3.65. The second-order valence-electron chi connectivity index (χ2n) is 4.72. The average Bonchev–Trinajstić information content (AvgIpc) is 2.69. The lowest BCUT2D eigenvalue weighted by molar-refractivity contribution is 0.599. The molecule has 20 heavy (non-hydrogen) atoms. The van der Waals surface area contributed by atoms with Crippen LogP contribution in [-0.2, 0) is 23.6 Å². The van der Waals surface area contributed by atoms with Gasteiger partial charge in [0.1, 0.15) is 5.82 Å². The van der Waals surface area contributed by atoms with E-state index < -0.39 is 10.0 Å². The highest BCUT2D eigenvalue weighted by Gasteiger charge is 2.20. The molecule has 3 N–H and O–H groups in total. The van der Waals surface area contributed by atoms with Crippen LogP contribution in [0.1, 0.15) is 16.7 Å². The highest BCUT2D eigenvalue weighted by molar-refractivity contribution is 7.92. The maximum Gasteiger partial charge on any atom is 0.263 e. The van der Waals surface area contributed by atoms with Gasteiger partial charge in [0.2, 0.25) is 0 Å². The zero-order valence-corrected chi connectivity index (χ0v) is 12.5. The molecule has 0 saturated carbocycles. The van der Waals surface area contributed by atoms with Gasteiger partial charge in [-0.1, -0.05) is 17.7 Å². The van der Waals surface area contributed by atoms with Crippen molar-refractivity contribution in [3.8, 4) is 0 Å². The van der Waals surface area contributed by atoms with Crippen LogP contribution in [0.2, 0.25) is 0 Å². The lowest BCUT2D eigenvalue weighted by Gasteiger charge is -2.12. The molecule has 7 heteroatoms. The fraction of sp³-hybridized carbons (Fsp3) is 0.308. The third-order valence-corrected chi connectivity index (χ3v) is 4.58. The van der Waals surface area contributed by atoms with Crippen molar-refractivity contribution in [2.45, 2.75) is 25.3 Å². The zero-order chi connectivity index (χ0) is 14.9. The van der Waals surface area contributed by atoms with Gasteiger partial charge in [-0.15, -0.1) is 0 Å². The molecule has 2 aromatic rings. The van der Waals surface area contributed by atoms with Crippen molar-refractivity contribution in [3.05, 3.63) is 41.1 Å². The van der Waals surface area contributed by atoms with Gasteiger partial charge in [-0.2, -0.15) is 5.10 Å². The van der Waals surface area contributed by atoms with Crippen LogP contribution in [0.25, 0.3) is 0 Å². The molecule has 0 atom stereocenters. The van der Waals surface area contributed by atoms with E-state index in [1.54, 1.807) is 32.3 Å². The molecule has 0 aliphatic rings. The number of aryl methyl sites for hydroxylation is 3. The third kappa shape index (κ3) is 2.68. The van der Waals surface area contributed by atoms with E-state index in [1.165, 1.54) is 4.68 Å². The zero-order valence-electron chi connectivity index (χ0n) is 11.7. The Bertz CT molecular complexity index is 735. The maximum absolute atomic E-state index is 12.5. The largest absolute Gasteiger partial charge is 0.326 e. The average molecular weight is 294 g/mol. The van der Waals surface area contributed by atoms with Gasteiger partial charge in [0.25, 0.3) is 10.0 Å². The quantitative estimate of drug-likeness (QED) is 0.889. The SMILES string of the molecule is Cc1ccc(S(=O)(=O)Nc2c(CN)cnn2C)c(C)c1. The molecule has 0 saturated heterocycles. The molecule has 1 heterocycles. The predicted octanol–water partition coefficient (Wildman–Crippen LogP) is 1.30. The van der Waals surface area contributed by atoms with Crippen LogP contribution in [0.5, 0.6) is 0 Å². The van der Waals surface area contributed by atoms with Crippen LogP contribution in [0.3, 0.4) is 0 Å². The molecule has 2 rings (SSSR count). The number of benzene rings is 1. The topological polar surface area (TPSA) is 90.0 Å². The molecule has 1 aromatic heterocycles. The van der Waals surface area contributed by atoms with Crippen molar-refractivity contribution in [3.63, 3.8) is 0 Å². The lowest BCUT2D eigenvalue weighted by Crippen LogP contribution is -2.18. The summed E-state index contributed by atoms with van der Waals surface area (Å²) in [6.45, 7) is 3.91. The molecular formula is C13H18N4O2S. The number of nitrogens with one attached hydrogen (secondary N) is 1. The summed E-state index contributed by atoms with van der Waals surface area (Å²) in [6.07, 6.45) is 1.56. The Morgan fingerprint density at radius 3 is 2.65 bits per heavy atom. The van der Waals surface area contributed by atoms with Crippen molar-refractivity contribution in [1.82, 2.24) is 9.78 Å². The highest BCUT2D eigenvalue weighted by Crippen LogP contribution is 2.22. The van der Waals surface area contributed by atoms with E-state index in [4.69, 9.17) is 5.73 Å². The number of nitrogens with zero attached hydrogens (tertiary/aromatic N) is 2. The van der Waals surface area contributed by atoms with E-state index in [0.29, 0.717) is 16.9 Å². The van der Waals surface area contributed by atoms with Crippen molar-refractivity contribution < 1.29 is 8.42 Å². The Balaban J connectivity index is 2.43. The summed E-state index contributed by atoms with van der Waals surface area (Å²) in [4.78, 5) is 0.257. The molecule has 0 radical (unpaired) electrons. The Kier molecular flexibility index (Phi) is 3.82. The van der Waals surface area contributed by atoms with Gasteiger partial charge in [-0.25, -0.2) is 8.42 Å². The molecule has 6 nitrogen and oxygen atoms in total. The number of sulfonamides is 1. The molecule has 0 fully saturated rings. The van der Waals surface area contributed by atoms with E-state index in [2.05, 4.69) is 9.82 Å². The summed E-state index contributed by atoms with van der Waals surface area (Å²) < 4.78 is 28.9. The fourth-order valence-electron chi connectivity index (χ4n) is 2.05. The first kappa shape index (κ1) is 14.5. The normalized spacial score (nSPS) is 11.6. The fourth-order valence-corrected chi connectivity index (χ4v) is 3.40. The first-order chi connectivity index (χ1) is 9.35. The van der Waals surface area contributed by atoms with Crippen LogP contribution in [0.4, 0.5) is 5.82 Å². The second-order valence-corrected chi connectivity index (χ2v) is 6.37. The van der Waals surface area contributed by atoms with Gasteiger partial charge in [0.05, 0.1) is 11.1 Å². The summed E-state index contributed by atoms with van der Waals surface area (Å²) in [5.41, 5.74) is 7.96. The molecule has 0 spiro atoms. The van der Waals surface area contributed by atoms with Crippen molar-refractivity contribution in [1.29, 1.82) is 0 Å². The third-order valence-electron chi connectivity index (χ3n) is 3.09. The van der Waals surface area contributed by atoms with E-state index in [0.717, 1.165) is 5.56 Å². The monoisotopic (exact) mass is 294 g/mol. The second kappa shape index (κ2) is 5.26. The van der Waals surface area contributed by atoms with Crippen molar-refractivity contribution in [2.24, 2.45) is 12.8 Å². The van der Waals surface area contributed by atoms with Crippen molar-refractivity contribution >= 4 is 15.8 Å². The number of rotatable bonds is 4. The Morgan fingerprint density at radius 1 is 1.35 bits per heavy atom. The van der Waals surface area contributed by atoms with Crippen LogP contribution in [0, 0.1) is 13.8 Å². The summed E-state index contributed by atoms with van der Waals surface area (Å²) in [6, 6.07) is 5.21. The summed E-state index contributed by atoms with van der Waals surface area (Å²) >= 11 is 0. The van der Waals surface area contributed by atoms with Gasteiger partial charge < -0.3 is 5.73 Å². The molecule has 0 aliphatic carbocycles. The predicted molar refractivity (Wildman–Crippen MR) is 77.8 cm³/mol. The van der Waals surface area contributed by atoms with E-state index in [-0.39, 0.29) is 11.4 Å². The van der Waals surface area contributed by atoms with Crippen LogP contribution in [0.15, 0.2) is 29.3 Å². The number of aromatic nitrogens is 2. The molecular weight excluding hydrogens is 276 g/mol. The van der Waals surface area contributed by atoms with Crippen LogP contribution >= 0.6 is 0 Å². The van der Waals surface area contributed by atoms with Crippen LogP contribution in [-0.4, -0.2) is 18.2 Å². The Labute approximate surface area is 118 Å². The highest BCUT2D eigenvalue weighted by atomic mass is 32.2. The summed E-state index contributed by atoms with van der Waals surface area (Å²) in [5.74, 6) is 0.396. The number of nitrogens with two attached hydrogens (primary N) is 1. The Hall–Kier alpha value is -1.86. The van der Waals surface area contributed by atoms with Crippen LogP contribution < -0.4 is 10.5 Å². The summed E-state index contributed by atoms with van der Waals surface area (Å²) in [5, 5.41) is 4.01. The number of hydrogen-bond donors (Lipinski definition) is 2. The van der Waals surface area contributed by atoms with Gasteiger partial charge in [-0.05, 0) is 25.5 Å². The minimum absolute atomic E-state index is 0.221. The lowest BCUT2D eigenvalue weighted by atomic mass is 10.2. The van der Waals surface area contributed by atoms with E-state index in [1.807, 2.05) is 13.0 Å². The molecule has 1 aromatic carbocycles. The molecule has 0 bridgehead atoms. The van der Waals surface area contributed by atoms with Gasteiger partial charge in [0, 0.05) is 19.2 Å². The maximum atomic E-state index is 12.5. The first-order valence-corrected chi connectivity index (χ1v) is 7.64. The smallest absolute Gasteiger partial charge is 0.263 e. The first-order valence-electron chi connectivity index (χ1n) is 6.16. The van der Waals surface area contributed by atoms with E-state index in [9.17, 15) is 8.42 Å². The molecule has 0 aliphatic heterocycles. The summed E-state index contributed by atoms with van der Waals surface area (Å²) in [7, 11) is -1.99.